The summed E-state index contributed by atoms with van der Waals surface area (Å²) < 4.78 is 22.8. The van der Waals surface area contributed by atoms with Crippen LogP contribution in [0.2, 0.25) is 5.02 Å². The lowest BCUT2D eigenvalue weighted by Crippen LogP contribution is -2.10. The molecule has 3 nitrogen and oxygen atoms in total. The second-order valence-electron chi connectivity index (χ2n) is 2.47. The van der Waals surface area contributed by atoms with Gasteiger partial charge in [0, 0.05) is 0 Å². The number of hydrogen-bond acceptors (Lipinski definition) is 3. The molecule has 0 unspecified atom stereocenters. The van der Waals surface area contributed by atoms with Gasteiger partial charge in [-0.1, -0.05) is 23.7 Å². The summed E-state index contributed by atoms with van der Waals surface area (Å²) in [6.07, 6.45) is 0. The van der Waals surface area contributed by atoms with Crippen LogP contribution in [0, 0.1) is 0 Å². The van der Waals surface area contributed by atoms with Crippen LogP contribution < -0.4 is 0 Å². The van der Waals surface area contributed by atoms with Crippen molar-refractivity contribution in [2.75, 3.05) is 12.4 Å². The van der Waals surface area contributed by atoms with E-state index in [1.54, 1.807) is 12.1 Å². The third-order valence-corrected chi connectivity index (χ3v) is 3.72. The van der Waals surface area contributed by atoms with E-state index in [0.717, 1.165) is 0 Å². The van der Waals surface area contributed by atoms with Crippen molar-refractivity contribution in [3.63, 3.8) is 0 Å². The first-order chi connectivity index (χ1) is 6.08. The van der Waals surface area contributed by atoms with Gasteiger partial charge in [-0.15, -0.1) is 0 Å². The Morgan fingerprint density at radius 3 is 2.46 bits per heavy atom. The van der Waals surface area contributed by atoms with Crippen molar-refractivity contribution in [2.45, 2.75) is 4.90 Å². The molecule has 0 radical (unpaired) electrons. The van der Waals surface area contributed by atoms with E-state index in [2.05, 4.69) is 0 Å². The third-order valence-electron chi connectivity index (χ3n) is 1.53. The Morgan fingerprint density at radius 2 is 1.92 bits per heavy atom. The van der Waals surface area contributed by atoms with Crippen molar-refractivity contribution in [1.29, 1.82) is 0 Å². The molecule has 5 heteroatoms. The van der Waals surface area contributed by atoms with Crippen LogP contribution in [0.3, 0.4) is 0 Å². The molecule has 1 aromatic rings. The fraction of sp³-hybridized carbons (Fsp3) is 0.250. The highest BCUT2D eigenvalue weighted by molar-refractivity contribution is 7.91. The van der Waals surface area contributed by atoms with Gasteiger partial charge < -0.3 is 5.11 Å². The Kier molecular flexibility index (Phi) is 3.30. The molecule has 1 N–H and O–H groups in total. The second kappa shape index (κ2) is 4.09. The SMILES string of the molecule is O=S(=O)(CCO)c1ccccc1Cl. The van der Waals surface area contributed by atoms with Gasteiger partial charge in [0.1, 0.15) is 0 Å². The van der Waals surface area contributed by atoms with Crippen LogP contribution in [0.4, 0.5) is 0 Å². The lowest BCUT2D eigenvalue weighted by molar-refractivity contribution is 0.319. The van der Waals surface area contributed by atoms with Gasteiger partial charge in [-0.2, -0.15) is 0 Å². The molecule has 0 aliphatic carbocycles. The number of aliphatic hydroxyl groups is 1. The van der Waals surface area contributed by atoms with Gasteiger partial charge in [-0.25, -0.2) is 8.42 Å². The van der Waals surface area contributed by atoms with Crippen LogP contribution in [0.25, 0.3) is 0 Å². The zero-order valence-electron chi connectivity index (χ0n) is 6.77. The molecule has 1 aromatic carbocycles. The van der Waals surface area contributed by atoms with Gasteiger partial charge >= 0.3 is 0 Å². The molecule has 0 fully saturated rings. The lowest BCUT2D eigenvalue weighted by Gasteiger charge is -2.03. The van der Waals surface area contributed by atoms with E-state index in [1.807, 2.05) is 0 Å². The highest BCUT2D eigenvalue weighted by Crippen LogP contribution is 2.21. The van der Waals surface area contributed by atoms with Gasteiger partial charge in [-0.05, 0) is 12.1 Å². The quantitative estimate of drug-likeness (QED) is 0.830. The van der Waals surface area contributed by atoms with Crippen molar-refractivity contribution in [1.82, 2.24) is 0 Å². The summed E-state index contributed by atoms with van der Waals surface area (Å²) in [5, 5.41) is 8.72. The van der Waals surface area contributed by atoms with E-state index >= 15 is 0 Å². The molecule has 0 heterocycles. The predicted octanol–water partition coefficient (Wildman–Crippen LogP) is 1.11. The number of sulfone groups is 1. The van der Waals surface area contributed by atoms with Gasteiger partial charge in [0.2, 0.25) is 0 Å². The minimum atomic E-state index is -3.42. The Morgan fingerprint density at radius 1 is 1.31 bits per heavy atom. The lowest BCUT2D eigenvalue weighted by atomic mass is 10.4. The number of halogens is 1. The molecule has 0 spiro atoms. The standard InChI is InChI=1S/C8H9ClO3S/c9-7-3-1-2-4-8(7)13(11,12)6-5-10/h1-4,10H,5-6H2. The Labute approximate surface area is 81.9 Å². The van der Waals surface area contributed by atoms with E-state index in [4.69, 9.17) is 16.7 Å². The summed E-state index contributed by atoms with van der Waals surface area (Å²) in [7, 11) is -3.42. The first kappa shape index (κ1) is 10.5. The molecule has 0 saturated carbocycles. The highest BCUT2D eigenvalue weighted by atomic mass is 35.5. The first-order valence-electron chi connectivity index (χ1n) is 3.66. The van der Waals surface area contributed by atoms with Crippen molar-refractivity contribution in [2.24, 2.45) is 0 Å². The number of hydrogen-bond donors (Lipinski definition) is 1. The maximum Gasteiger partial charge on any atom is 0.182 e. The molecule has 0 aromatic heterocycles. The maximum atomic E-state index is 11.4. The molecule has 13 heavy (non-hydrogen) atoms. The minimum absolute atomic E-state index is 0.0747. The summed E-state index contributed by atoms with van der Waals surface area (Å²) >= 11 is 5.68. The monoisotopic (exact) mass is 220 g/mol. The van der Waals surface area contributed by atoms with Gasteiger partial charge in [0.15, 0.2) is 9.84 Å². The normalized spacial score (nSPS) is 11.5. The zero-order valence-corrected chi connectivity index (χ0v) is 8.35. The van der Waals surface area contributed by atoms with Crippen LogP contribution in [0.1, 0.15) is 0 Å². The molecule has 0 bridgehead atoms. The maximum absolute atomic E-state index is 11.4. The van der Waals surface area contributed by atoms with E-state index in [0.29, 0.717) is 0 Å². The van der Waals surface area contributed by atoms with Crippen LogP contribution in [-0.2, 0) is 9.84 Å². The summed E-state index contributed by atoms with van der Waals surface area (Å²) in [6, 6.07) is 6.18. The molecule has 1 rings (SSSR count). The Balaban J connectivity index is 3.15. The smallest absolute Gasteiger partial charge is 0.182 e. The van der Waals surface area contributed by atoms with E-state index in [9.17, 15) is 8.42 Å². The van der Waals surface area contributed by atoms with E-state index in [-0.39, 0.29) is 15.7 Å². The van der Waals surface area contributed by atoms with Crippen molar-refractivity contribution >= 4 is 21.4 Å². The third kappa shape index (κ3) is 2.43. The molecular weight excluding hydrogens is 212 g/mol. The van der Waals surface area contributed by atoms with Crippen LogP contribution in [0.15, 0.2) is 29.2 Å². The minimum Gasteiger partial charge on any atom is -0.395 e. The Bertz CT molecular complexity index is 386. The molecule has 0 atom stereocenters. The first-order valence-corrected chi connectivity index (χ1v) is 5.69. The van der Waals surface area contributed by atoms with Gasteiger partial charge in [-0.3, -0.25) is 0 Å². The summed E-state index contributed by atoms with van der Waals surface area (Å²) in [5.74, 6) is -0.295. The van der Waals surface area contributed by atoms with Crippen LogP contribution >= 0.6 is 11.6 Å². The molecule has 72 valence electrons. The van der Waals surface area contributed by atoms with Crippen LogP contribution in [0.5, 0.6) is 0 Å². The zero-order chi connectivity index (χ0) is 9.90. The van der Waals surface area contributed by atoms with Gasteiger partial charge in [0.05, 0.1) is 22.3 Å². The highest BCUT2D eigenvalue weighted by Gasteiger charge is 2.16. The van der Waals surface area contributed by atoms with Crippen molar-refractivity contribution < 1.29 is 13.5 Å². The summed E-state index contributed by atoms with van der Waals surface area (Å²) in [5.41, 5.74) is 0. The Hall–Kier alpha value is -0.580. The topological polar surface area (TPSA) is 54.4 Å². The van der Waals surface area contributed by atoms with E-state index in [1.165, 1.54) is 12.1 Å². The number of benzene rings is 1. The van der Waals surface area contributed by atoms with Crippen LogP contribution in [-0.4, -0.2) is 25.9 Å². The average Bonchev–Trinajstić information content (AvgIpc) is 2.04. The number of aliphatic hydroxyl groups excluding tert-OH is 1. The molecule has 0 saturated heterocycles. The predicted molar refractivity (Wildman–Crippen MR) is 50.6 cm³/mol. The summed E-state index contributed by atoms with van der Waals surface area (Å²) in [4.78, 5) is 0.0747. The molecular formula is C8H9ClO3S. The molecule has 0 aliphatic heterocycles. The average molecular weight is 221 g/mol. The molecule has 0 aliphatic rings. The van der Waals surface area contributed by atoms with E-state index < -0.39 is 16.4 Å². The largest absolute Gasteiger partial charge is 0.395 e. The van der Waals surface area contributed by atoms with Crippen molar-refractivity contribution in [3.8, 4) is 0 Å². The molecule has 0 amide bonds. The fourth-order valence-electron chi connectivity index (χ4n) is 0.927. The van der Waals surface area contributed by atoms with Crippen molar-refractivity contribution in [3.05, 3.63) is 29.3 Å². The summed E-state index contributed by atoms with van der Waals surface area (Å²) in [6.45, 7) is -0.395. The second-order valence-corrected chi connectivity index (χ2v) is 4.96. The van der Waals surface area contributed by atoms with Gasteiger partial charge in [0.25, 0.3) is 0 Å². The number of rotatable bonds is 3. The fourth-order valence-corrected chi connectivity index (χ4v) is 2.53.